The molecular formula is C14H12N2O5. The summed E-state index contributed by atoms with van der Waals surface area (Å²) in [7, 11) is 0. The van der Waals surface area contributed by atoms with E-state index in [0.29, 0.717) is 28.4 Å². The molecule has 0 saturated heterocycles. The van der Waals surface area contributed by atoms with E-state index in [-0.39, 0.29) is 19.0 Å². The molecule has 0 saturated carbocycles. The molecule has 0 fully saturated rings. The van der Waals surface area contributed by atoms with Crippen LogP contribution in [-0.4, -0.2) is 18.3 Å². The zero-order valence-electron chi connectivity index (χ0n) is 10.9. The van der Waals surface area contributed by atoms with Crippen molar-refractivity contribution in [2.24, 2.45) is 5.84 Å². The molecule has 0 spiro atoms. The van der Waals surface area contributed by atoms with Crippen molar-refractivity contribution in [3.63, 3.8) is 0 Å². The molecule has 0 aliphatic carbocycles. The average molecular weight is 288 g/mol. The SMILES string of the molecule is NNC(=O)c1ccoc1COc1ccc2c(c1)OCC2=O. The molecule has 7 heteroatoms. The lowest BCUT2D eigenvalue weighted by molar-refractivity contribution is 0.0945. The fourth-order valence-electron chi connectivity index (χ4n) is 2.04. The summed E-state index contributed by atoms with van der Waals surface area (Å²) in [5.41, 5.74) is 2.89. The van der Waals surface area contributed by atoms with Crippen molar-refractivity contribution in [2.75, 3.05) is 6.61 Å². The number of Topliss-reactive ketones (excluding diaryl/α,β-unsaturated/α-hetero) is 1. The molecule has 108 valence electrons. The Kier molecular flexibility index (Phi) is 3.33. The number of hydrogen-bond donors (Lipinski definition) is 2. The third-order valence-electron chi connectivity index (χ3n) is 3.10. The number of ketones is 1. The molecular weight excluding hydrogens is 276 g/mol. The summed E-state index contributed by atoms with van der Waals surface area (Å²) in [4.78, 5) is 22.9. The Morgan fingerprint density at radius 1 is 1.38 bits per heavy atom. The molecule has 0 atom stereocenters. The first-order valence-corrected chi connectivity index (χ1v) is 6.19. The predicted octanol–water partition coefficient (Wildman–Crippen LogP) is 1.04. The third-order valence-corrected chi connectivity index (χ3v) is 3.10. The number of nitrogen functional groups attached to an aromatic ring is 1. The lowest BCUT2D eigenvalue weighted by atomic mass is 10.1. The lowest BCUT2D eigenvalue weighted by Gasteiger charge is -2.07. The van der Waals surface area contributed by atoms with Crippen LogP contribution in [0.3, 0.4) is 0 Å². The minimum absolute atomic E-state index is 0.0514. The Balaban J connectivity index is 1.73. The number of rotatable bonds is 4. The summed E-state index contributed by atoms with van der Waals surface area (Å²) >= 11 is 0. The number of nitrogens with two attached hydrogens (primary N) is 1. The van der Waals surface area contributed by atoms with Gasteiger partial charge in [0.1, 0.15) is 18.1 Å². The monoisotopic (exact) mass is 288 g/mol. The fraction of sp³-hybridized carbons (Fsp3) is 0.143. The minimum Gasteiger partial charge on any atom is -0.485 e. The van der Waals surface area contributed by atoms with Crippen molar-refractivity contribution in [1.29, 1.82) is 0 Å². The third kappa shape index (κ3) is 2.46. The molecule has 1 aliphatic heterocycles. The van der Waals surface area contributed by atoms with E-state index in [1.165, 1.54) is 12.3 Å². The molecule has 7 nitrogen and oxygen atoms in total. The molecule has 2 heterocycles. The van der Waals surface area contributed by atoms with Gasteiger partial charge in [-0.25, -0.2) is 5.84 Å². The van der Waals surface area contributed by atoms with E-state index in [1.54, 1.807) is 18.2 Å². The average Bonchev–Trinajstić information content (AvgIpc) is 3.11. The quantitative estimate of drug-likeness (QED) is 0.495. The number of hydrazine groups is 1. The molecule has 1 aliphatic rings. The largest absolute Gasteiger partial charge is 0.485 e. The highest BCUT2D eigenvalue weighted by Gasteiger charge is 2.21. The van der Waals surface area contributed by atoms with Gasteiger partial charge in [0.2, 0.25) is 5.78 Å². The number of amides is 1. The Bertz CT molecular complexity index is 707. The summed E-state index contributed by atoms with van der Waals surface area (Å²) in [6.45, 7) is 0.111. The molecule has 21 heavy (non-hydrogen) atoms. The zero-order valence-corrected chi connectivity index (χ0v) is 10.9. The normalized spacial score (nSPS) is 12.7. The molecule has 2 aromatic rings. The van der Waals surface area contributed by atoms with Crippen molar-refractivity contribution < 1.29 is 23.5 Å². The molecule has 0 radical (unpaired) electrons. The number of hydrogen-bond acceptors (Lipinski definition) is 6. The van der Waals surface area contributed by atoms with Crippen LogP contribution >= 0.6 is 0 Å². The summed E-state index contributed by atoms with van der Waals surface area (Å²) in [5.74, 6) is 5.95. The second-order valence-corrected chi connectivity index (χ2v) is 4.39. The van der Waals surface area contributed by atoms with Gasteiger partial charge in [0.05, 0.1) is 17.4 Å². The Morgan fingerprint density at radius 2 is 2.24 bits per heavy atom. The maximum Gasteiger partial charge on any atom is 0.268 e. The van der Waals surface area contributed by atoms with Crippen LogP contribution in [0.2, 0.25) is 0 Å². The second-order valence-electron chi connectivity index (χ2n) is 4.39. The van der Waals surface area contributed by atoms with Gasteiger partial charge in [0, 0.05) is 6.07 Å². The number of nitrogens with one attached hydrogen (secondary N) is 1. The van der Waals surface area contributed by atoms with Crippen LogP contribution in [0.5, 0.6) is 11.5 Å². The summed E-state index contributed by atoms with van der Waals surface area (Å²) in [6, 6.07) is 6.45. The number of furan rings is 1. The topological polar surface area (TPSA) is 104 Å². The highest BCUT2D eigenvalue weighted by molar-refractivity contribution is 6.02. The molecule has 1 amide bonds. The Hall–Kier alpha value is -2.80. The smallest absolute Gasteiger partial charge is 0.268 e. The second kappa shape index (κ2) is 5.29. The van der Waals surface area contributed by atoms with Crippen molar-refractivity contribution in [1.82, 2.24) is 5.43 Å². The summed E-state index contributed by atoms with van der Waals surface area (Å²) in [5, 5.41) is 0. The number of carbonyl (C=O) groups is 2. The Labute approximate surface area is 119 Å². The number of ether oxygens (including phenoxy) is 2. The van der Waals surface area contributed by atoms with Crippen LogP contribution in [0.1, 0.15) is 26.5 Å². The summed E-state index contributed by atoms with van der Waals surface area (Å²) < 4.78 is 16.0. The van der Waals surface area contributed by atoms with Gasteiger partial charge in [-0.3, -0.25) is 15.0 Å². The minimum atomic E-state index is -0.453. The van der Waals surface area contributed by atoms with Gasteiger partial charge < -0.3 is 13.9 Å². The van der Waals surface area contributed by atoms with Gasteiger partial charge in [-0.1, -0.05) is 0 Å². The fourth-order valence-corrected chi connectivity index (χ4v) is 2.04. The van der Waals surface area contributed by atoms with Gasteiger partial charge >= 0.3 is 0 Å². The van der Waals surface area contributed by atoms with Crippen LogP contribution in [0, 0.1) is 0 Å². The van der Waals surface area contributed by atoms with E-state index in [9.17, 15) is 9.59 Å². The van der Waals surface area contributed by atoms with E-state index in [4.69, 9.17) is 19.7 Å². The molecule has 3 N–H and O–H groups in total. The first-order chi connectivity index (χ1) is 10.2. The number of benzene rings is 1. The maximum atomic E-state index is 11.5. The van der Waals surface area contributed by atoms with Crippen molar-refractivity contribution in [3.05, 3.63) is 47.4 Å². The van der Waals surface area contributed by atoms with Crippen molar-refractivity contribution in [2.45, 2.75) is 6.61 Å². The van der Waals surface area contributed by atoms with Crippen molar-refractivity contribution in [3.8, 4) is 11.5 Å². The zero-order chi connectivity index (χ0) is 14.8. The molecule has 3 rings (SSSR count). The van der Waals surface area contributed by atoms with Crippen molar-refractivity contribution >= 4 is 11.7 Å². The highest BCUT2D eigenvalue weighted by Crippen LogP contribution is 2.30. The maximum absolute atomic E-state index is 11.5. The van der Waals surface area contributed by atoms with Gasteiger partial charge in [-0.15, -0.1) is 0 Å². The van der Waals surface area contributed by atoms with E-state index in [1.807, 2.05) is 5.43 Å². The van der Waals surface area contributed by atoms with Crippen LogP contribution in [0.4, 0.5) is 0 Å². The van der Waals surface area contributed by atoms with E-state index >= 15 is 0 Å². The van der Waals surface area contributed by atoms with Gasteiger partial charge in [-0.2, -0.15) is 0 Å². The first kappa shape index (κ1) is 13.2. The van der Waals surface area contributed by atoms with Gasteiger partial charge in [0.25, 0.3) is 5.91 Å². The van der Waals surface area contributed by atoms with Crippen LogP contribution in [0.15, 0.2) is 34.9 Å². The highest BCUT2D eigenvalue weighted by atomic mass is 16.5. The van der Waals surface area contributed by atoms with Gasteiger partial charge in [0.15, 0.2) is 12.4 Å². The van der Waals surface area contributed by atoms with Gasteiger partial charge in [-0.05, 0) is 18.2 Å². The molecule has 1 aromatic heterocycles. The number of fused-ring (bicyclic) bond motifs is 1. The summed E-state index contributed by atoms with van der Waals surface area (Å²) in [6.07, 6.45) is 1.38. The molecule has 1 aromatic carbocycles. The lowest BCUT2D eigenvalue weighted by Crippen LogP contribution is -2.30. The predicted molar refractivity (Wildman–Crippen MR) is 71.0 cm³/mol. The van der Waals surface area contributed by atoms with Crippen LogP contribution in [0.25, 0.3) is 0 Å². The van der Waals surface area contributed by atoms with E-state index in [2.05, 4.69) is 0 Å². The molecule has 0 unspecified atom stereocenters. The molecule has 0 bridgehead atoms. The first-order valence-electron chi connectivity index (χ1n) is 6.19. The standard InChI is InChI=1S/C14H12N2O5/c15-16-14(18)10-3-4-19-13(10)7-20-8-1-2-9-11(17)6-21-12(9)5-8/h1-5H,6-7,15H2,(H,16,18). The van der Waals surface area contributed by atoms with Crippen LogP contribution < -0.4 is 20.7 Å². The van der Waals surface area contributed by atoms with E-state index in [0.717, 1.165) is 0 Å². The van der Waals surface area contributed by atoms with E-state index < -0.39 is 5.91 Å². The van der Waals surface area contributed by atoms with Crippen LogP contribution in [-0.2, 0) is 6.61 Å². The number of carbonyl (C=O) groups excluding carboxylic acids is 2. The Morgan fingerprint density at radius 3 is 3.05 bits per heavy atom.